The van der Waals surface area contributed by atoms with Gasteiger partial charge < -0.3 is 9.84 Å². The Morgan fingerprint density at radius 2 is 1.83 bits per heavy atom. The molecule has 0 radical (unpaired) electrons. The Bertz CT molecular complexity index is 502. The summed E-state index contributed by atoms with van der Waals surface area (Å²) in [6.07, 6.45) is 4.51. The number of aliphatic hydroxyl groups is 1. The van der Waals surface area contributed by atoms with Crippen molar-refractivity contribution < 1.29 is 9.84 Å². The molecule has 5 nitrogen and oxygen atoms in total. The molecule has 1 aromatic rings. The van der Waals surface area contributed by atoms with Gasteiger partial charge in [0.15, 0.2) is 0 Å². The highest BCUT2D eigenvalue weighted by Crippen LogP contribution is 2.39. The topological polar surface area (TPSA) is 48.8 Å². The molecule has 23 heavy (non-hydrogen) atoms. The SMILES string of the molecule is CC1(C)CN(Cc2ccncc2)CC[C@@]1(O)CN1CCOCC1. The number of piperidine rings is 1. The molecule has 5 heteroatoms. The molecule has 0 amide bonds. The van der Waals surface area contributed by atoms with Crippen molar-refractivity contribution in [3.05, 3.63) is 30.1 Å². The third-order valence-corrected chi connectivity index (χ3v) is 5.46. The van der Waals surface area contributed by atoms with E-state index in [-0.39, 0.29) is 5.41 Å². The molecular formula is C18H29N3O2. The molecule has 2 aliphatic rings. The number of morpholine rings is 1. The van der Waals surface area contributed by atoms with Crippen molar-refractivity contribution in [3.8, 4) is 0 Å². The fraction of sp³-hybridized carbons (Fsp3) is 0.722. The second kappa shape index (κ2) is 6.85. The molecule has 128 valence electrons. The number of ether oxygens (including phenoxy) is 1. The molecule has 0 bridgehead atoms. The molecule has 0 aromatic carbocycles. The average Bonchev–Trinajstić information content (AvgIpc) is 2.53. The lowest BCUT2D eigenvalue weighted by Crippen LogP contribution is -2.62. The molecule has 2 aliphatic heterocycles. The van der Waals surface area contributed by atoms with Crippen LogP contribution in [0.3, 0.4) is 0 Å². The quantitative estimate of drug-likeness (QED) is 0.908. The van der Waals surface area contributed by atoms with E-state index in [1.165, 1.54) is 5.56 Å². The van der Waals surface area contributed by atoms with E-state index in [9.17, 15) is 5.11 Å². The fourth-order valence-corrected chi connectivity index (χ4v) is 3.77. The van der Waals surface area contributed by atoms with Crippen LogP contribution in [-0.4, -0.2) is 71.4 Å². The van der Waals surface area contributed by atoms with Gasteiger partial charge in [-0.25, -0.2) is 0 Å². The minimum absolute atomic E-state index is 0.128. The van der Waals surface area contributed by atoms with Crippen molar-refractivity contribution in [2.45, 2.75) is 32.4 Å². The van der Waals surface area contributed by atoms with Gasteiger partial charge in [0, 0.05) is 57.1 Å². The van der Waals surface area contributed by atoms with E-state index < -0.39 is 5.60 Å². The van der Waals surface area contributed by atoms with Crippen LogP contribution >= 0.6 is 0 Å². The van der Waals surface area contributed by atoms with Gasteiger partial charge >= 0.3 is 0 Å². The Labute approximate surface area is 139 Å². The summed E-state index contributed by atoms with van der Waals surface area (Å²) < 4.78 is 5.42. The lowest BCUT2D eigenvalue weighted by atomic mass is 9.69. The van der Waals surface area contributed by atoms with Gasteiger partial charge in [-0.1, -0.05) is 13.8 Å². The van der Waals surface area contributed by atoms with Crippen LogP contribution in [-0.2, 0) is 11.3 Å². The van der Waals surface area contributed by atoms with Gasteiger partial charge in [-0.15, -0.1) is 0 Å². The molecule has 1 aromatic heterocycles. The average molecular weight is 319 g/mol. The molecule has 0 aliphatic carbocycles. The van der Waals surface area contributed by atoms with Crippen LogP contribution in [0.15, 0.2) is 24.5 Å². The van der Waals surface area contributed by atoms with Crippen LogP contribution in [0.4, 0.5) is 0 Å². The number of aromatic nitrogens is 1. The lowest BCUT2D eigenvalue weighted by Gasteiger charge is -2.52. The van der Waals surface area contributed by atoms with Crippen molar-refractivity contribution >= 4 is 0 Å². The smallest absolute Gasteiger partial charge is 0.0849 e. The Hall–Kier alpha value is -1.01. The van der Waals surface area contributed by atoms with Crippen molar-refractivity contribution in [1.82, 2.24) is 14.8 Å². The first-order valence-electron chi connectivity index (χ1n) is 8.62. The Morgan fingerprint density at radius 3 is 2.48 bits per heavy atom. The molecule has 0 unspecified atom stereocenters. The van der Waals surface area contributed by atoms with Crippen LogP contribution in [0.2, 0.25) is 0 Å². The zero-order valence-corrected chi connectivity index (χ0v) is 14.4. The first kappa shape index (κ1) is 16.8. The predicted octanol–water partition coefficient (Wildman–Crippen LogP) is 1.38. The summed E-state index contributed by atoms with van der Waals surface area (Å²) in [6, 6.07) is 4.14. The van der Waals surface area contributed by atoms with Gasteiger partial charge in [0.1, 0.15) is 0 Å². The maximum atomic E-state index is 11.3. The van der Waals surface area contributed by atoms with Crippen molar-refractivity contribution in [2.24, 2.45) is 5.41 Å². The summed E-state index contributed by atoms with van der Waals surface area (Å²) in [7, 11) is 0. The molecule has 3 rings (SSSR count). The summed E-state index contributed by atoms with van der Waals surface area (Å²) >= 11 is 0. The van der Waals surface area contributed by atoms with E-state index in [0.717, 1.165) is 58.9 Å². The number of rotatable bonds is 4. The van der Waals surface area contributed by atoms with Crippen molar-refractivity contribution in [2.75, 3.05) is 45.9 Å². The zero-order chi connectivity index (χ0) is 16.3. The third-order valence-electron chi connectivity index (χ3n) is 5.46. The minimum Gasteiger partial charge on any atom is -0.388 e. The minimum atomic E-state index is -0.626. The van der Waals surface area contributed by atoms with Crippen molar-refractivity contribution in [1.29, 1.82) is 0 Å². The van der Waals surface area contributed by atoms with Crippen LogP contribution in [0.5, 0.6) is 0 Å². The summed E-state index contributed by atoms with van der Waals surface area (Å²) in [6.45, 7) is 11.4. The molecule has 3 heterocycles. The first-order chi connectivity index (χ1) is 11.0. The number of likely N-dealkylation sites (tertiary alicyclic amines) is 1. The summed E-state index contributed by atoms with van der Waals surface area (Å²) in [5.74, 6) is 0. The first-order valence-corrected chi connectivity index (χ1v) is 8.62. The predicted molar refractivity (Wildman–Crippen MR) is 90.1 cm³/mol. The van der Waals surface area contributed by atoms with Gasteiger partial charge in [-0.2, -0.15) is 0 Å². The Balaban J connectivity index is 1.62. The number of nitrogens with zero attached hydrogens (tertiary/aromatic N) is 3. The number of hydrogen-bond donors (Lipinski definition) is 1. The van der Waals surface area contributed by atoms with Crippen molar-refractivity contribution in [3.63, 3.8) is 0 Å². The second-order valence-corrected chi connectivity index (χ2v) is 7.62. The third kappa shape index (κ3) is 3.91. The largest absolute Gasteiger partial charge is 0.388 e. The summed E-state index contributed by atoms with van der Waals surface area (Å²) in [5.41, 5.74) is 0.532. The molecule has 0 saturated carbocycles. The van der Waals surface area contributed by atoms with Crippen LogP contribution < -0.4 is 0 Å². The highest BCUT2D eigenvalue weighted by molar-refractivity contribution is 5.11. The maximum absolute atomic E-state index is 11.3. The molecule has 2 fully saturated rings. The monoisotopic (exact) mass is 319 g/mol. The van der Waals surface area contributed by atoms with E-state index in [0.29, 0.717) is 0 Å². The molecule has 1 atom stereocenters. The zero-order valence-electron chi connectivity index (χ0n) is 14.4. The highest BCUT2D eigenvalue weighted by atomic mass is 16.5. The van der Waals surface area contributed by atoms with Crippen LogP contribution in [0, 0.1) is 5.41 Å². The lowest BCUT2D eigenvalue weighted by molar-refractivity contribution is -0.140. The van der Waals surface area contributed by atoms with Gasteiger partial charge in [0.2, 0.25) is 0 Å². The number of pyridine rings is 1. The molecule has 0 spiro atoms. The van der Waals surface area contributed by atoms with Gasteiger partial charge in [0.05, 0.1) is 18.8 Å². The maximum Gasteiger partial charge on any atom is 0.0849 e. The Kier molecular flexibility index (Phi) is 5.01. The standard InChI is InChI=1S/C18H29N3O2/c1-17(2)14-21(13-16-3-6-19-7-4-16)8-5-18(17,22)15-20-9-11-23-12-10-20/h3-4,6-7,22H,5,8-15H2,1-2H3/t18-/m1/s1. The van der Waals surface area contributed by atoms with Crippen LogP contribution in [0.1, 0.15) is 25.8 Å². The molecule has 2 saturated heterocycles. The van der Waals surface area contributed by atoms with Gasteiger partial charge in [-0.3, -0.25) is 14.8 Å². The van der Waals surface area contributed by atoms with E-state index in [1.54, 1.807) is 0 Å². The Morgan fingerprint density at radius 1 is 1.13 bits per heavy atom. The van der Waals surface area contributed by atoms with E-state index in [4.69, 9.17) is 4.74 Å². The van der Waals surface area contributed by atoms with E-state index in [2.05, 4.69) is 40.8 Å². The number of hydrogen-bond acceptors (Lipinski definition) is 5. The summed E-state index contributed by atoms with van der Waals surface area (Å²) in [5, 5.41) is 11.3. The second-order valence-electron chi connectivity index (χ2n) is 7.62. The summed E-state index contributed by atoms with van der Waals surface area (Å²) in [4.78, 5) is 8.88. The van der Waals surface area contributed by atoms with Gasteiger partial charge in [-0.05, 0) is 24.1 Å². The molecular weight excluding hydrogens is 290 g/mol. The highest BCUT2D eigenvalue weighted by Gasteiger charge is 2.48. The van der Waals surface area contributed by atoms with Gasteiger partial charge in [0.25, 0.3) is 0 Å². The number of β-amino-alcohol motifs (C(OH)–C–C–N with tert-alkyl or cyclic N) is 1. The van der Waals surface area contributed by atoms with E-state index >= 15 is 0 Å². The normalized spacial score (nSPS) is 29.5. The molecule has 1 N–H and O–H groups in total. The fourth-order valence-electron chi connectivity index (χ4n) is 3.77. The van der Waals surface area contributed by atoms with E-state index in [1.807, 2.05) is 12.4 Å². The van der Waals surface area contributed by atoms with Crippen LogP contribution in [0.25, 0.3) is 0 Å².